The molecule has 0 saturated carbocycles. The van der Waals surface area contributed by atoms with Gasteiger partial charge in [-0.25, -0.2) is 4.98 Å². The van der Waals surface area contributed by atoms with Crippen LogP contribution < -0.4 is 4.74 Å². The molecular weight excluding hydrogens is 290 g/mol. The maximum Gasteiger partial charge on any atom is 0.257 e. The molecule has 0 bridgehead atoms. The van der Waals surface area contributed by atoms with Gasteiger partial charge >= 0.3 is 0 Å². The minimum atomic E-state index is 0.0788. The number of hydrogen-bond donors (Lipinski definition) is 0. The standard InChI is InChI=1S/C18H23N3O2/c1-2-23-17-6-4-3-5-16(17)18(22)21-10-7-15(8-11-21)13-20-12-9-19-14-20/h3-6,9,12,14-15H,2,7-8,10-11,13H2,1H3. The number of carbonyl (C=O) groups is 1. The van der Waals surface area contributed by atoms with Crippen LogP contribution in [-0.2, 0) is 6.54 Å². The molecule has 0 aliphatic carbocycles. The molecule has 2 aromatic rings. The van der Waals surface area contributed by atoms with Crippen LogP contribution in [0.2, 0.25) is 0 Å². The predicted octanol–water partition coefficient (Wildman–Crippen LogP) is 2.83. The molecule has 1 aliphatic rings. The third kappa shape index (κ3) is 3.73. The fourth-order valence-corrected chi connectivity index (χ4v) is 3.11. The molecule has 5 nitrogen and oxygen atoms in total. The second-order valence-corrected chi connectivity index (χ2v) is 5.92. The van der Waals surface area contributed by atoms with Gasteiger partial charge in [-0.3, -0.25) is 4.79 Å². The Kier molecular flexibility index (Phi) is 4.95. The second-order valence-electron chi connectivity index (χ2n) is 5.92. The van der Waals surface area contributed by atoms with Crippen molar-refractivity contribution in [2.45, 2.75) is 26.3 Å². The van der Waals surface area contributed by atoms with Gasteiger partial charge in [-0.05, 0) is 37.8 Å². The number of para-hydroxylation sites is 1. The van der Waals surface area contributed by atoms with E-state index in [0.29, 0.717) is 23.8 Å². The molecule has 1 aromatic heterocycles. The van der Waals surface area contributed by atoms with Crippen LogP contribution in [0.25, 0.3) is 0 Å². The molecule has 2 heterocycles. The Labute approximate surface area is 136 Å². The summed E-state index contributed by atoms with van der Waals surface area (Å²) in [5.74, 6) is 1.37. The summed E-state index contributed by atoms with van der Waals surface area (Å²) in [4.78, 5) is 18.8. The number of hydrogen-bond acceptors (Lipinski definition) is 3. The van der Waals surface area contributed by atoms with Crippen molar-refractivity contribution in [2.24, 2.45) is 5.92 Å². The van der Waals surface area contributed by atoms with Crippen LogP contribution in [0, 0.1) is 5.92 Å². The summed E-state index contributed by atoms with van der Waals surface area (Å²) in [5.41, 5.74) is 0.669. The van der Waals surface area contributed by atoms with Gasteiger partial charge in [0.2, 0.25) is 0 Å². The first-order valence-electron chi connectivity index (χ1n) is 8.24. The van der Waals surface area contributed by atoms with E-state index in [1.807, 2.05) is 54.8 Å². The summed E-state index contributed by atoms with van der Waals surface area (Å²) in [6.07, 6.45) is 7.72. The fraction of sp³-hybridized carbons (Fsp3) is 0.444. The van der Waals surface area contributed by atoms with Crippen LogP contribution in [0.1, 0.15) is 30.1 Å². The van der Waals surface area contributed by atoms with E-state index in [2.05, 4.69) is 9.55 Å². The zero-order valence-corrected chi connectivity index (χ0v) is 13.5. The lowest BCUT2D eigenvalue weighted by Gasteiger charge is -2.32. The molecule has 23 heavy (non-hydrogen) atoms. The van der Waals surface area contributed by atoms with Gasteiger partial charge in [-0.15, -0.1) is 0 Å². The van der Waals surface area contributed by atoms with Gasteiger partial charge in [-0.1, -0.05) is 12.1 Å². The van der Waals surface area contributed by atoms with Crippen LogP contribution >= 0.6 is 0 Å². The number of ether oxygens (including phenoxy) is 1. The zero-order valence-electron chi connectivity index (χ0n) is 13.5. The molecule has 0 radical (unpaired) electrons. The Balaban J connectivity index is 1.60. The normalized spacial score (nSPS) is 15.6. The van der Waals surface area contributed by atoms with Gasteiger partial charge in [0.25, 0.3) is 5.91 Å². The predicted molar refractivity (Wildman–Crippen MR) is 88.5 cm³/mol. The minimum Gasteiger partial charge on any atom is -0.493 e. The maximum atomic E-state index is 12.7. The van der Waals surface area contributed by atoms with E-state index in [1.165, 1.54) is 0 Å². The molecule has 1 saturated heterocycles. The SMILES string of the molecule is CCOc1ccccc1C(=O)N1CCC(Cn2ccnc2)CC1. The zero-order chi connectivity index (χ0) is 16.1. The van der Waals surface area contributed by atoms with Crippen molar-refractivity contribution in [1.29, 1.82) is 0 Å². The van der Waals surface area contributed by atoms with E-state index < -0.39 is 0 Å². The van der Waals surface area contributed by atoms with Gasteiger partial charge in [-0.2, -0.15) is 0 Å². The Morgan fingerprint density at radius 2 is 2.09 bits per heavy atom. The highest BCUT2D eigenvalue weighted by Gasteiger charge is 2.25. The number of likely N-dealkylation sites (tertiary alicyclic amines) is 1. The number of imidazole rings is 1. The van der Waals surface area contributed by atoms with Crippen LogP contribution in [0.15, 0.2) is 43.0 Å². The van der Waals surface area contributed by atoms with Gasteiger partial charge in [0, 0.05) is 32.0 Å². The lowest BCUT2D eigenvalue weighted by molar-refractivity contribution is 0.0679. The number of rotatable bonds is 5. The van der Waals surface area contributed by atoms with Gasteiger partial charge < -0.3 is 14.2 Å². The average Bonchev–Trinajstić information content (AvgIpc) is 3.09. The third-order valence-electron chi connectivity index (χ3n) is 4.35. The van der Waals surface area contributed by atoms with E-state index in [-0.39, 0.29) is 5.91 Å². The summed E-state index contributed by atoms with van der Waals surface area (Å²) in [7, 11) is 0. The van der Waals surface area contributed by atoms with E-state index in [9.17, 15) is 4.79 Å². The Morgan fingerprint density at radius 1 is 1.30 bits per heavy atom. The summed E-state index contributed by atoms with van der Waals surface area (Å²) in [6, 6.07) is 7.51. The quantitative estimate of drug-likeness (QED) is 0.853. The van der Waals surface area contributed by atoms with Gasteiger partial charge in [0.1, 0.15) is 5.75 Å². The summed E-state index contributed by atoms with van der Waals surface area (Å²) in [6.45, 7) is 5.09. The average molecular weight is 313 g/mol. The summed E-state index contributed by atoms with van der Waals surface area (Å²) < 4.78 is 7.70. The Morgan fingerprint density at radius 3 is 2.78 bits per heavy atom. The molecule has 1 aromatic carbocycles. The molecule has 0 N–H and O–H groups in total. The number of amides is 1. The molecule has 0 atom stereocenters. The van der Waals surface area contributed by atoms with Crippen molar-refractivity contribution in [2.75, 3.05) is 19.7 Å². The summed E-state index contributed by atoms with van der Waals surface area (Å²) in [5, 5.41) is 0. The topological polar surface area (TPSA) is 47.4 Å². The lowest BCUT2D eigenvalue weighted by atomic mass is 9.96. The van der Waals surface area contributed by atoms with E-state index in [1.54, 1.807) is 0 Å². The highest BCUT2D eigenvalue weighted by Crippen LogP contribution is 2.24. The first-order valence-corrected chi connectivity index (χ1v) is 8.24. The first-order chi connectivity index (χ1) is 11.3. The lowest BCUT2D eigenvalue weighted by Crippen LogP contribution is -2.39. The van der Waals surface area contributed by atoms with E-state index >= 15 is 0 Å². The van der Waals surface area contributed by atoms with Crippen molar-refractivity contribution in [3.05, 3.63) is 48.5 Å². The van der Waals surface area contributed by atoms with Crippen LogP contribution in [0.4, 0.5) is 0 Å². The molecule has 1 fully saturated rings. The fourth-order valence-electron chi connectivity index (χ4n) is 3.11. The van der Waals surface area contributed by atoms with Crippen LogP contribution in [-0.4, -0.2) is 40.1 Å². The molecule has 122 valence electrons. The summed E-state index contributed by atoms with van der Waals surface area (Å²) >= 11 is 0. The Hall–Kier alpha value is -2.30. The van der Waals surface area contributed by atoms with Crippen LogP contribution in [0.3, 0.4) is 0 Å². The van der Waals surface area contributed by atoms with Crippen molar-refractivity contribution >= 4 is 5.91 Å². The largest absolute Gasteiger partial charge is 0.493 e. The molecule has 5 heteroatoms. The molecule has 0 unspecified atom stereocenters. The second kappa shape index (κ2) is 7.31. The third-order valence-corrected chi connectivity index (χ3v) is 4.35. The molecule has 0 spiro atoms. The number of benzene rings is 1. The first kappa shape index (κ1) is 15.6. The monoisotopic (exact) mass is 313 g/mol. The van der Waals surface area contributed by atoms with Gasteiger partial charge in [0.15, 0.2) is 0 Å². The highest BCUT2D eigenvalue weighted by molar-refractivity contribution is 5.97. The highest BCUT2D eigenvalue weighted by atomic mass is 16.5. The number of nitrogens with zero attached hydrogens (tertiary/aromatic N) is 3. The molecule has 3 rings (SSSR count). The smallest absolute Gasteiger partial charge is 0.257 e. The Bertz CT molecular complexity index is 631. The maximum absolute atomic E-state index is 12.7. The molecule has 1 aliphatic heterocycles. The minimum absolute atomic E-state index is 0.0788. The number of piperidine rings is 1. The van der Waals surface area contributed by atoms with Crippen molar-refractivity contribution in [3.63, 3.8) is 0 Å². The number of aromatic nitrogens is 2. The van der Waals surface area contributed by atoms with Crippen molar-refractivity contribution in [3.8, 4) is 5.75 Å². The van der Waals surface area contributed by atoms with E-state index in [4.69, 9.17) is 4.74 Å². The number of carbonyl (C=O) groups excluding carboxylic acids is 1. The van der Waals surface area contributed by atoms with Crippen molar-refractivity contribution < 1.29 is 9.53 Å². The van der Waals surface area contributed by atoms with Crippen LogP contribution in [0.5, 0.6) is 5.75 Å². The molecule has 1 amide bonds. The van der Waals surface area contributed by atoms with E-state index in [0.717, 1.165) is 32.5 Å². The van der Waals surface area contributed by atoms with Crippen molar-refractivity contribution in [1.82, 2.24) is 14.5 Å². The van der Waals surface area contributed by atoms with Gasteiger partial charge in [0.05, 0.1) is 18.5 Å². The molecular formula is C18H23N3O2.